The molecule has 0 saturated carbocycles. The summed E-state index contributed by atoms with van der Waals surface area (Å²) in [7, 11) is 0. The second kappa shape index (κ2) is 7.86. The van der Waals surface area contributed by atoms with E-state index in [2.05, 4.69) is 15.3 Å². The fourth-order valence-corrected chi connectivity index (χ4v) is 3.02. The highest BCUT2D eigenvalue weighted by molar-refractivity contribution is 5.85. The van der Waals surface area contributed by atoms with Gasteiger partial charge in [0.1, 0.15) is 0 Å². The summed E-state index contributed by atoms with van der Waals surface area (Å²) in [5.74, 6) is 0.837. The van der Waals surface area contributed by atoms with Crippen LogP contribution in [0.3, 0.4) is 0 Å². The maximum atomic E-state index is 12.2. The number of hydrogen-bond donors (Lipinski definition) is 2. The number of carbonyl (C=O) groups is 1. The zero-order valence-corrected chi connectivity index (χ0v) is 13.0. The third-order valence-electron chi connectivity index (χ3n) is 4.12. The highest BCUT2D eigenvalue weighted by atomic mass is 35.5. The number of nitrogens with one attached hydrogen (secondary N) is 2. The van der Waals surface area contributed by atoms with Crippen molar-refractivity contribution in [2.24, 2.45) is 0 Å². The molecule has 1 unspecified atom stereocenters. The Balaban J connectivity index is 0.000001000. The normalized spacial score (nSPS) is 23.0. The van der Waals surface area contributed by atoms with E-state index in [-0.39, 0.29) is 30.9 Å². The van der Waals surface area contributed by atoms with Crippen LogP contribution in [0.5, 0.6) is 0 Å². The van der Waals surface area contributed by atoms with E-state index in [4.69, 9.17) is 0 Å². The van der Waals surface area contributed by atoms with Crippen LogP contribution in [-0.2, 0) is 4.79 Å². The van der Waals surface area contributed by atoms with E-state index in [0.29, 0.717) is 11.8 Å². The summed E-state index contributed by atoms with van der Waals surface area (Å²) in [4.78, 5) is 21.5. The average Bonchev–Trinajstić information content (AvgIpc) is 3.11. The standard InChI is InChI=1S/C13H20N4O.2ClH/c18-13(11-2-1-5-15-11)17-6-3-10(4-7-17)12-8-14-9-16-12;;/h8-11,15H,1-7H2,(H,14,16);2*1H. The van der Waals surface area contributed by atoms with Crippen LogP contribution in [0.4, 0.5) is 0 Å². The van der Waals surface area contributed by atoms with Gasteiger partial charge >= 0.3 is 0 Å². The summed E-state index contributed by atoms with van der Waals surface area (Å²) in [6.07, 6.45) is 7.84. The average molecular weight is 321 g/mol. The first-order chi connectivity index (χ1) is 8.84. The van der Waals surface area contributed by atoms with Crippen LogP contribution in [0.25, 0.3) is 0 Å². The zero-order chi connectivity index (χ0) is 12.4. The van der Waals surface area contributed by atoms with Gasteiger partial charge in [0, 0.05) is 30.9 Å². The van der Waals surface area contributed by atoms with Gasteiger partial charge < -0.3 is 15.2 Å². The van der Waals surface area contributed by atoms with Gasteiger partial charge in [-0.05, 0) is 32.2 Å². The molecule has 20 heavy (non-hydrogen) atoms. The summed E-state index contributed by atoms with van der Waals surface area (Å²) in [5.41, 5.74) is 1.21. The summed E-state index contributed by atoms with van der Waals surface area (Å²) in [5, 5.41) is 3.29. The van der Waals surface area contributed by atoms with Gasteiger partial charge in [0.25, 0.3) is 0 Å². The van der Waals surface area contributed by atoms with Crippen molar-refractivity contribution >= 4 is 30.7 Å². The molecule has 5 nitrogen and oxygen atoms in total. The van der Waals surface area contributed by atoms with Crippen molar-refractivity contribution in [3.63, 3.8) is 0 Å². The monoisotopic (exact) mass is 320 g/mol. The third-order valence-corrected chi connectivity index (χ3v) is 4.12. The first-order valence-corrected chi connectivity index (χ1v) is 6.85. The van der Waals surface area contributed by atoms with Crippen molar-refractivity contribution in [1.29, 1.82) is 0 Å². The Labute approximate surface area is 131 Å². The topological polar surface area (TPSA) is 61.0 Å². The van der Waals surface area contributed by atoms with Gasteiger partial charge in [-0.3, -0.25) is 4.79 Å². The van der Waals surface area contributed by atoms with Gasteiger partial charge in [-0.1, -0.05) is 0 Å². The lowest BCUT2D eigenvalue weighted by Gasteiger charge is -2.33. The number of piperidine rings is 1. The number of aromatic nitrogens is 2. The molecule has 0 aliphatic carbocycles. The van der Waals surface area contributed by atoms with Gasteiger partial charge in [0.05, 0.1) is 12.4 Å². The Bertz CT molecular complexity index is 399. The Kier molecular flexibility index (Phi) is 6.79. The van der Waals surface area contributed by atoms with Crippen molar-refractivity contribution < 1.29 is 4.79 Å². The fourth-order valence-electron chi connectivity index (χ4n) is 3.02. The van der Waals surface area contributed by atoms with E-state index < -0.39 is 0 Å². The molecule has 2 saturated heterocycles. The van der Waals surface area contributed by atoms with Crippen molar-refractivity contribution in [3.05, 3.63) is 18.2 Å². The number of hydrogen-bond acceptors (Lipinski definition) is 3. The van der Waals surface area contributed by atoms with Crippen LogP contribution in [-0.4, -0.2) is 46.5 Å². The molecule has 114 valence electrons. The number of halogens is 2. The van der Waals surface area contributed by atoms with Crippen LogP contribution < -0.4 is 5.32 Å². The van der Waals surface area contributed by atoms with Crippen molar-refractivity contribution in [2.75, 3.05) is 19.6 Å². The van der Waals surface area contributed by atoms with Crippen LogP contribution >= 0.6 is 24.8 Å². The first-order valence-electron chi connectivity index (χ1n) is 6.85. The minimum absolute atomic E-state index is 0. The molecule has 2 aliphatic rings. The molecular weight excluding hydrogens is 299 g/mol. The molecule has 1 atom stereocenters. The minimum Gasteiger partial charge on any atom is -0.348 e. The molecule has 0 bridgehead atoms. The number of aromatic amines is 1. The predicted molar refractivity (Wildman–Crippen MR) is 82.7 cm³/mol. The van der Waals surface area contributed by atoms with Crippen LogP contribution in [0.1, 0.15) is 37.3 Å². The van der Waals surface area contributed by atoms with E-state index >= 15 is 0 Å². The number of carbonyl (C=O) groups excluding carboxylic acids is 1. The highest BCUT2D eigenvalue weighted by Gasteiger charge is 2.30. The number of likely N-dealkylation sites (tertiary alicyclic amines) is 1. The lowest BCUT2D eigenvalue weighted by molar-refractivity contribution is -0.134. The predicted octanol–water partition coefficient (Wildman–Crippen LogP) is 1.71. The molecular formula is C13H22Cl2N4O. The van der Waals surface area contributed by atoms with Gasteiger partial charge in [-0.2, -0.15) is 0 Å². The third kappa shape index (κ3) is 3.65. The molecule has 0 spiro atoms. The van der Waals surface area contributed by atoms with Gasteiger partial charge in [-0.25, -0.2) is 4.98 Å². The molecule has 7 heteroatoms. The van der Waals surface area contributed by atoms with E-state index in [9.17, 15) is 4.79 Å². The summed E-state index contributed by atoms with van der Waals surface area (Å²) in [6.45, 7) is 2.74. The van der Waals surface area contributed by atoms with Crippen molar-refractivity contribution in [2.45, 2.75) is 37.6 Å². The molecule has 1 aromatic heterocycles. The van der Waals surface area contributed by atoms with Crippen LogP contribution in [0.2, 0.25) is 0 Å². The van der Waals surface area contributed by atoms with E-state index in [1.807, 2.05) is 11.1 Å². The van der Waals surface area contributed by atoms with Crippen molar-refractivity contribution in [1.82, 2.24) is 20.2 Å². The van der Waals surface area contributed by atoms with Gasteiger partial charge in [-0.15, -0.1) is 24.8 Å². The maximum absolute atomic E-state index is 12.2. The molecule has 2 aliphatic heterocycles. The molecule has 2 N–H and O–H groups in total. The second-order valence-corrected chi connectivity index (χ2v) is 5.26. The Morgan fingerprint density at radius 3 is 2.55 bits per heavy atom. The Morgan fingerprint density at radius 2 is 2.00 bits per heavy atom. The zero-order valence-electron chi connectivity index (χ0n) is 11.4. The fraction of sp³-hybridized carbons (Fsp3) is 0.692. The molecule has 3 heterocycles. The molecule has 1 aromatic rings. The van der Waals surface area contributed by atoms with Crippen LogP contribution in [0, 0.1) is 0 Å². The van der Waals surface area contributed by atoms with Gasteiger partial charge in [0.15, 0.2) is 0 Å². The van der Waals surface area contributed by atoms with E-state index in [1.54, 1.807) is 6.33 Å². The van der Waals surface area contributed by atoms with Gasteiger partial charge in [0.2, 0.25) is 5.91 Å². The number of amides is 1. The Hall–Kier alpha value is -0.780. The summed E-state index contributed by atoms with van der Waals surface area (Å²) < 4.78 is 0. The number of nitrogens with zero attached hydrogens (tertiary/aromatic N) is 2. The summed E-state index contributed by atoms with van der Waals surface area (Å²) >= 11 is 0. The largest absolute Gasteiger partial charge is 0.348 e. The minimum atomic E-state index is 0. The molecule has 1 amide bonds. The summed E-state index contributed by atoms with van der Waals surface area (Å²) in [6, 6.07) is 0.0775. The highest BCUT2D eigenvalue weighted by Crippen LogP contribution is 2.26. The lowest BCUT2D eigenvalue weighted by Crippen LogP contribution is -2.46. The first kappa shape index (κ1) is 17.3. The number of imidazole rings is 1. The van der Waals surface area contributed by atoms with E-state index in [1.165, 1.54) is 5.69 Å². The number of H-pyrrole nitrogens is 1. The molecule has 3 rings (SSSR count). The number of rotatable bonds is 2. The smallest absolute Gasteiger partial charge is 0.239 e. The second-order valence-electron chi connectivity index (χ2n) is 5.26. The molecule has 0 radical (unpaired) electrons. The maximum Gasteiger partial charge on any atom is 0.239 e. The Morgan fingerprint density at radius 1 is 1.25 bits per heavy atom. The lowest BCUT2D eigenvalue weighted by atomic mass is 9.93. The van der Waals surface area contributed by atoms with E-state index in [0.717, 1.165) is 45.3 Å². The molecule has 0 aromatic carbocycles. The van der Waals surface area contributed by atoms with Crippen LogP contribution in [0.15, 0.2) is 12.5 Å². The van der Waals surface area contributed by atoms with Crippen molar-refractivity contribution in [3.8, 4) is 0 Å². The quantitative estimate of drug-likeness (QED) is 0.872. The molecule has 2 fully saturated rings. The SMILES string of the molecule is Cl.Cl.O=C(C1CCCN1)N1CCC(c2cnc[nH]2)CC1.